The first-order valence-electron chi connectivity index (χ1n) is 11.9. The smallest absolute Gasteiger partial charge is 0.280 e. The Morgan fingerprint density at radius 3 is 2.35 bits per heavy atom. The van der Waals surface area contributed by atoms with E-state index in [0.29, 0.717) is 29.1 Å². The summed E-state index contributed by atoms with van der Waals surface area (Å²) in [6, 6.07) is 16.7. The number of nitrogens with zero attached hydrogens (tertiary/aromatic N) is 4. The molecule has 3 heterocycles. The van der Waals surface area contributed by atoms with Crippen molar-refractivity contribution in [3.05, 3.63) is 81.8 Å². The highest BCUT2D eigenvalue weighted by molar-refractivity contribution is 5.98. The molecule has 1 aliphatic carbocycles. The molecule has 1 amide bonds. The molecule has 7 nitrogen and oxygen atoms in total. The number of fused-ring (bicyclic) bond motifs is 2. The third-order valence-corrected chi connectivity index (χ3v) is 7.23. The quantitative estimate of drug-likeness (QED) is 0.496. The Hall–Kier alpha value is -3.87. The number of amides is 1. The van der Waals surface area contributed by atoms with E-state index in [2.05, 4.69) is 0 Å². The zero-order valence-electron chi connectivity index (χ0n) is 19.1. The van der Waals surface area contributed by atoms with Crippen molar-refractivity contribution in [3.63, 3.8) is 0 Å². The number of aromatic hydroxyl groups is 1. The number of aromatic nitrogens is 3. The minimum Gasteiger partial charge on any atom is -0.508 e. The van der Waals surface area contributed by atoms with E-state index in [-0.39, 0.29) is 23.3 Å². The van der Waals surface area contributed by atoms with Gasteiger partial charge in [-0.25, -0.2) is 0 Å². The standard InChI is InChI=1S/C27H26N4O3/c1-17-23(18-12-14-21(32)15-13-18)28-31-25(17)30(20-10-6-3-7-11-20)24-22(26(31)33)16-29(27(24)34)19-8-4-2-5-9-19/h3,6-7,10-15,19,32H,2,4-5,8-9,16H2,1H3. The summed E-state index contributed by atoms with van der Waals surface area (Å²) < 4.78 is 3.36. The fourth-order valence-corrected chi connectivity index (χ4v) is 5.52. The fourth-order valence-electron chi connectivity index (χ4n) is 5.52. The van der Waals surface area contributed by atoms with E-state index in [1.165, 1.54) is 10.9 Å². The van der Waals surface area contributed by atoms with Gasteiger partial charge in [0.1, 0.15) is 17.1 Å². The molecule has 1 N–H and O–H groups in total. The highest BCUT2D eigenvalue weighted by Gasteiger charge is 2.39. The maximum atomic E-state index is 13.8. The molecule has 0 radical (unpaired) electrons. The largest absolute Gasteiger partial charge is 0.508 e. The van der Waals surface area contributed by atoms with Gasteiger partial charge >= 0.3 is 0 Å². The van der Waals surface area contributed by atoms with Crippen molar-refractivity contribution in [2.45, 2.75) is 51.6 Å². The van der Waals surface area contributed by atoms with Crippen molar-refractivity contribution in [2.75, 3.05) is 0 Å². The molecule has 2 aromatic heterocycles. The van der Waals surface area contributed by atoms with Gasteiger partial charge in [0.05, 0.1) is 17.8 Å². The van der Waals surface area contributed by atoms with Crippen LogP contribution in [0.1, 0.15) is 53.7 Å². The number of hydrogen-bond acceptors (Lipinski definition) is 4. The maximum absolute atomic E-state index is 13.8. The number of carbonyl (C=O) groups is 1. The minimum absolute atomic E-state index is 0.0721. The number of rotatable bonds is 3. The Kier molecular flexibility index (Phi) is 4.79. The van der Waals surface area contributed by atoms with Crippen molar-refractivity contribution in [2.24, 2.45) is 0 Å². The third kappa shape index (κ3) is 3.07. The van der Waals surface area contributed by atoms with E-state index in [4.69, 9.17) is 5.10 Å². The summed E-state index contributed by atoms with van der Waals surface area (Å²) in [6.45, 7) is 2.25. The Morgan fingerprint density at radius 2 is 1.65 bits per heavy atom. The Balaban J connectivity index is 1.62. The molecule has 172 valence electrons. The second-order valence-electron chi connectivity index (χ2n) is 9.28. The first-order valence-corrected chi connectivity index (χ1v) is 11.9. The van der Waals surface area contributed by atoms with Gasteiger partial charge in [0.15, 0.2) is 0 Å². The summed E-state index contributed by atoms with van der Waals surface area (Å²) in [6.07, 6.45) is 5.41. The van der Waals surface area contributed by atoms with Crippen LogP contribution in [0.4, 0.5) is 0 Å². The van der Waals surface area contributed by atoms with Gasteiger partial charge in [-0.05, 0) is 56.2 Å². The molecule has 6 rings (SSSR count). The van der Waals surface area contributed by atoms with Gasteiger partial charge < -0.3 is 10.0 Å². The molecule has 7 heteroatoms. The SMILES string of the molecule is Cc1c(-c2ccc(O)cc2)nn2c(=O)c3c(n(-c4ccccc4)c12)C(=O)N(C1CCCCC1)C3. The predicted molar refractivity (Wildman–Crippen MR) is 129 cm³/mol. The molecule has 0 bridgehead atoms. The predicted octanol–water partition coefficient (Wildman–Crippen LogP) is 4.45. The van der Waals surface area contributed by atoms with Crippen LogP contribution in [0.15, 0.2) is 59.4 Å². The second-order valence-corrected chi connectivity index (χ2v) is 9.28. The maximum Gasteiger partial charge on any atom is 0.280 e. The van der Waals surface area contributed by atoms with E-state index in [9.17, 15) is 14.7 Å². The number of hydrogen-bond donors (Lipinski definition) is 1. The van der Waals surface area contributed by atoms with Gasteiger partial charge in [0, 0.05) is 22.9 Å². The topological polar surface area (TPSA) is 79.8 Å². The highest BCUT2D eigenvalue weighted by Crippen LogP contribution is 2.34. The molecule has 0 atom stereocenters. The zero-order chi connectivity index (χ0) is 23.4. The monoisotopic (exact) mass is 454 g/mol. The number of benzene rings is 2. The van der Waals surface area contributed by atoms with Gasteiger partial charge in [0.2, 0.25) is 0 Å². The van der Waals surface area contributed by atoms with Crippen LogP contribution in [-0.2, 0) is 6.54 Å². The van der Waals surface area contributed by atoms with Crippen molar-refractivity contribution >= 4 is 11.6 Å². The second kappa shape index (κ2) is 7.87. The minimum atomic E-state index is -0.239. The van der Waals surface area contributed by atoms with Crippen LogP contribution >= 0.6 is 0 Å². The van der Waals surface area contributed by atoms with E-state index >= 15 is 0 Å². The number of para-hydroxylation sites is 1. The Labute approximate surface area is 196 Å². The number of carbonyl (C=O) groups excluding carboxylic acids is 1. The molecule has 1 aliphatic heterocycles. The van der Waals surface area contributed by atoms with Gasteiger partial charge in [-0.15, -0.1) is 0 Å². The molecule has 1 saturated carbocycles. The van der Waals surface area contributed by atoms with Gasteiger partial charge in [-0.1, -0.05) is 37.5 Å². The molecule has 0 spiro atoms. The van der Waals surface area contributed by atoms with E-state index in [1.807, 2.05) is 46.7 Å². The number of aryl methyl sites for hydroxylation is 1. The van der Waals surface area contributed by atoms with Crippen molar-refractivity contribution in [1.29, 1.82) is 0 Å². The molecular formula is C27H26N4O3. The van der Waals surface area contributed by atoms with Gasteiger partial charge in [-0.2, -0.15) is 9.61 Å². The van der Waals surface area contributed by atoms with Crippen molar-refractivity contribution in [1.82, 2.24) is 19.1 Å². The van der Waals surface area contributed by atoms with E-state index in [0.717, 1.165) is 42.5 Å². The lowest BCUT2D eigenvalue weighted by Gasteiger charge is -2.30. The summed E-state index contributed by atoms with van der Waals surface area (Å²) in [4.78, 5) is 29.4. The van der Waals surface area contributed by atoms with Crippen LogP contribution in [0.2, 0.25) is 0 Å². The van der Waals surface area contributed by atoms with Crippen LogP contribution in [-0.4, -0.2) is 36.1 Å². The van der Waals surface area contributed by atoms with Gasteiger partial charge in [-0.3, -0.25) is 14.2 Å². The molecule has 0 saturated heterocycles. The first-order chi connectivity index (χ1) is 16.5. The summed E-state index contributed by atoms with van der Waals surface area (Å²) in [5.74, 6) is 0.0959. The zero-order valence-corrected chi connectivity index (χ0v) is 19.1. The average Bonchev–Trinajstić information content (AvgIpc) is 3.40. The van der Waals surface area contributed by atoms with Crippen LogP contribution in [0.5, 0.6) is 5.75 Å². The van der Waals surface area contributed by atoms with Crippen LogP contribution < -0.4 is 5.56 Å². The molecule has 2 aliphatic rings. The Bertz CT molecular complexity index is 1460. The fraction of sp³-hybridized carbons (Fsp3) is 0.296. The third-order valence-electron chi connectivity index (χ3n) is 7.23. The molecular weight excluding hydrogens is 428 g/mol. The van der Waals surface area contributed by atoms with Crippen LogP contribution in [0.3, 0.4) is 0 Å². The molecule has 34 heavy (non-hydrogen) atoms. The normalized spacial score (nSPS) is 16.4. The van der Waals surface area contributed by atoms with Crippen molar-refractivity contribution in [3.8, 4) is 22.7 Å². The summed E-state index contributed by atoms with van der Waals surface area (Å²) in [5, 5.41) is 14.4. The van der Waals surface area contributed by atoms with E-state index < -0.39 is 0 Å². The van der Waals surface area contributed by atoms with Crippen molar-refractivity contribution < 1.29 is 9.90 Å². The molecule has 4 aromatic rings. The highest BCUT2D eigenvalue weighted by atomic mass is 16.3. The summed E-state index contributed by atoms with van der Waals surface area (Å²) >= 11 is 0. The molecule has 0 unspecified atom stereocenters. The molecule has 1 fully saturated rings. The lowest BCUT2D eigenvalue weighted by Crippen LogP contribution is -2.37. The average molecular weight is 455 g/mol. The van der Waals surface area contributed by atoms with E-state index in [1.54, 1.807) is 24.3 Å². The first kappa shape index (κ1) is 20.7. The lowest BCUT2D eigenvalue weighted by molar-refractivity contribution is 0.0654. The van der Waals surface area contributed by atoms with Crippen LogP contribution in [0, 0.1) is 6.92 Å². The summed E-state index contributed by atoms with van der Waals surface area (Å²) in [7, 11) is 0. The molecule has 2 aromatic carbocycles. The lowest BCUT2D eigenvalue weighted by atomic mass is 9.94. The van der Waals surface area contributed by atoms with Gasteiger partial charge in [0.25, 0.3) is 11.5 Å². The number of phenols is 1. The Morgan fingerprint density at radius 1 is 0.941 bits per heavy atom. The summed E-state index contributed by atoms with van der Waals surface area (Å²) in [5.41, 5.74) is 4.40. The van der Waals surface area contributed by atoms with Crippen LogP contribution in [0.25, 0.3) is 22.6 Å². The number of phenolic OH excluding ortho intramolecular Hbond substituents is 1.